The van der Waals surface area contributed by atoms with Gasteiger partial charge in [-0.05, 0) is 43.0 Å². The summed E-state index contributed by atoms with van der Waals surface area (Å²) in [6.45, 7) is 0.654. The van der Waals surface area contributed by atoms with E-state index in [1.54, 1.807) is 0 Å². The van der Waals surface area contributed by atoms with Crippen LogP contribution in [0, 0.1) is 5.92 Å². The van der Waals surface area contributed by atoms with Crippen LogP contribution in [0.1, 0.15) is 23.2 Å². The van der Waals surface area contributed by atoms with Crippen LogP contribution in [-0.2, 0) is 0 Å². The van der Waals surface area contributed by atoms with E-state index in [1.807, 2.05) is 30.5 Å². The Kier molecular flexibility index (Phi) is 2.80. The van der Waals surface area contributed by atoms with Crippen molar-refractivity contribution in [1.82, 2.24) is 10.3 Å². The van der Waals surface area contributed by atoms with Crippen molar-refractivity contribution >= 4 is 16.8 Å². The van der Waals surface area contributed by atoms with Gasteiger partial charge >= 0.3 is 0 Å². The molecule has 18 heavy (non-hydrogen) atoms. The van der Waals surface area contributed by atoms with Crippen LogP contribution in [0.15, 0.2) is 30.5 Å². The normalized spacial score (nSPS) is 22.7. The molecule has 1 fully saturated rings. The minimum absolute atomic E-state index is 0.0421. The lowest BCUT2D eigenvalue weighted by atomic mass is 9.82. The van der Waals surface area contributed by atoms with Gasteiger partial charge in [0, 0.05) is 29.2 Å². The van der Waals surface area contributed by atoms with Crippen LogP contribution in [0.25, 0.3) is 10.9 Å². The summed E-state index contributed by atoms with van der Waals surface area (Å²) >= 11 is 0. The maximum Gasteiger partial charge on any atom is 0.251 e. The SMILES string of the molecule is O=C(NCC1CC(O)C1)c1ccc2[nH]ccc2c1. The molecule has 3 rings (SSSR count). The van der Waals surface area contributed by atoms with Crippen molar-refractivity contribution in [3.8, 4) is 0 Å². The summed E-state index contributed by atoms with van der Waals surface area (Å²) in [5, 5.41) is 13.1. The lowest BCUT2D eigenvalue weighted by Crippen LogP contribution is -2.38. The largest absolute Gasteiger partial charge is 0.393 e. The topological polar surface area (TPSA) is 65.1 Å². The number of amides is 1. The Balaban J connectivity index is 1.64. The molecule has 1 aliphatic carbocycles. The summed E-state index contributed by atoms with van der Waals surface area (Å²) in [4.78, 5) is 15.1. The van der Waals surface area contributed by atoms with Gasteiger partial charge in [0.05, 0.1) is 6.10 Å². The molecule has 4 heteroatoms. The predicted octanol–water partition coefficient (Wildman–Crippen LogP) is 1.67. The molecule has 1 aromatic carbocycles. The highest BCUT2D eigenvalue weighted by molar-refractivity contribution is 5.98. The molecular weight excluding hydrogens is 228 g/mol. The van der Waals surface area contributed by atoms with Gasteiger partial charge in [0.25, 0.3) is 5.91 Å². The third-order valence-corrected chi connectivity index (χ3v) is 3.58. The molecule has 1 amide bonds. The fourth-order valence-corrected chi connectivity index (χ4v) is 2.40. The molecule has 1 saturated carbocycles. The monoisotopic (exact) mass is 244 g/mol. The molecule has 0 aliphatic heterocycles. The van der Waals surface area contributed by atoms with Gasteiger partial charge in [0.2, 0.25) is 0 Å². The van der Waals surface area contributed by atoms with E-state index in [0.717, 1.165) is 23.7 Å². The Hall–Kier alpha value is -1.81. The minimum atomic E-state index is -0.164. The lowest BCUT2D eigenvalue weighted by Gasteiger charge is -2.31. The van der Waals surface area contributed by atoms with Crippen LogP contribution in [0.3, 0.4) is 0 Å². The van der Waals surface area contributed by atoms with E-state index < -0.39 is 0 Å². The number of hydrogen-bond acceptors (Lipinski definition) is 2. The van der Waals surface area contributed by atoms with Crippen molar-refractivity contribution in [3.63, 3.8) is 0 Å². The second-order valence-corrected chi connectivity index (χ2v) is 4.98. The maximum atomic E-state index is 12.0. The van der Waals surface area contributed by atoms with Crippen LogP contribution in [0.4, 0.5) is 0 Å². The van der Waals surface area contributed by atoms with E-state index in [2.05, 4.69) is 10.3 Å². The number of hydrogen-bond donors (Lipinski definition) is 3. The zero-order chi connectivity index (χ0) is 12.5. The number of aromatic amines is 1. The first-order valence-electron chi connectivity index (χ1n) is 6.26. The Labute approximate surface area is 105 Å². The third kappa shape index (κ3) is 2.11. The van der Waals surface area contributed by atoms with Gasteiger partial charge < -0.3 is 15.4 Å². The highest BCUT2D eigenvalue weighted by Gasteiger charge is 2.27. The average molecular weight is 244 g/mol. The number of carbonyl (C=O) groups is 1. The number of benzene rings is 1. The molecule has 2 aromatic rings. The second kappa shape index (κ2) is 4.46. The third-order valence-electron chi connectivity index (χ3n) is 3.58. The summed E-state index contributed by atoms with van der Waals surface area (Å²) in [5.41, 5.74) is 1.72. The molecule has 1 aromatic heterocycles. The van der Waals surface area contributed by atoms with Gasteiger partial charge in [0.1, 0.15) is 0 Å². The molecule has 0 saturated heterocycles. The number of fused-ring (bicyclic) bond motifs is 1. The maximum absolute atomic E-state index is 12.0. The van der Waals surface area contributed by atoms with Crippen molar-refractivity contribution in [3.05, 3.63) is 36.0 Å². The van der Waals surface area contributed by atoms with Crippen molar-refractivity contribution in [1.29, 1.82) is 0 Å². The summed E-state index contributed by atoms with van der Waals surface area (Å²) in [6.07, 6.45) is 3.30. The highest BCUT2D eigenvalue weighted by Crippen LogP contribution is 2.26. The number of rotatable bonds is 3. The first-order chi connectivity index (χ1) is 8.72. The summed E-state index contributed by atoms with van der Waals surface area (Å²) in [7, 11) is 0. The van der Waals surface area contributed by atoms with Gasteiger partial charge in [-0.15, -0.1) is 0 Å². The number of H-pyrrole nitrogens is 1. The molecule has 0 unspecified atom stereocenters. The first-order valence-corrected chi connectivity index (χ1v) is 6.26. The van der Waals surface area contributed by atoms with Gasteiger partial charge in [0.15, 0.2) is 0 Å². The zero-order valence-electron chi connectivity index (χ0n) is 10.0. The molecule has 94 valence electrons. The van der Waals surface area contributed by atoms with E-state index in [0.29, 0.717) is 18.0 Å². The molecule has 0 radical (unpaired) electrons. The lowest BCUT2D eigenvalue weighted by molar-refractivity contribution is 0.0420. The molecule has 1 heterocycles. The summed E-state index contributed by atoms with van der Waals surface area (Å²) in [5.74, 6) is 0.388. The molecule has 3 N–H and O–H groups in total. The van der Waals surface area contributed by atoms with Crippen LogP contribution < -0.4 is 5.32 Å². The van der Waals surface area contributed by atoms with E-state index >= 15 is 0 Å². The van der Waals surface area contributed by atoms with Crippen molar-refractivity contribution < 1.29 is 9.90 Å². The summed E-state index contributed by atoms with van der Waals surface area (Å²) < 4.78 is 0. The van der Waals surface area contributed by atoms with E-state index in [1.165, 1.54) is 0 Å². The molecule has 0 bridgehead atoms. The Morgan fingerprint density at radius 1 is 1.39 bits per heavy atom. The standard InChI is InChI=1S/C14H16N2O2/c17-12-5-9(6-12)8-16-14(18)11-1-2-13-10(7-11)3-4-15-13/h1-4,7,9,12,15,17H,5-6,8H2,(H,16,18). The second-order valence-electron chi connectivity index (χ2n) is 4.98. The smallest absolute Gasteiger partial charge is 0.251 e. The predicted molar refractivity (Wildman–Crippen MR) is 69.4 cm³/mol. The van der Waals surface area contributed by atoms with Gasteiger partial charge in [-0.3, -0.25) is 4.79 Å². The van der Waals surface area contributed by atoms with Gasteiger partial charge in [-0.25, -0.2) is 0 Å². The van der Waals surface area contributed by atoms with E-state index in [4.69, 9.17) is 0 Å². The Bertz CT molecular complexity index is 570. The fraction of sp³-hybridized carbons (Fsp3) is 0.357. The number of aliphatic hydroxyl groups is 1. The number of nitrogens with one attached hydrogen (secondary N) is 2. The molecular formula is C14H16N2O2. The quantitative estimate of drug-likeness (QED) is 0.769. The number of aliphatic hydroxyl groups excluding tert-OH is 1. The highest BCUT2D eigenvalue weighted by atomic mass is 16.3. The Morgan fingerprint density at radius 2 is 2.22 bits per heavy atom. The van der Waals surface area contributed by atoms with Crippen LogP contribution >= 0.6 is 0 Å². The van der Waals surface area contributed by atoms with Crippen LogP contribution in [0.2, 0.25) is 0 Å². The van der Waals surface area contributed by atoms with Gasteiger partial charge in [-0.2, -0.15) is 0 Å². The summed E-state index contributed by atoms with van der Waals surface area (Å²) in [6, 6.07) is 7.58. The van der Waals surface area contributed by atoms with E-state index in [9.17, 15) is 9.90 Å². The minimum Gasteiger partial charge on any atom is -0.393 e. The van der Waals surface area contributed by atoms with Crippen molar-refractivity contribution in [2.75, 3.05) is 6.54 Å². The first kappa shape index (κ1) is 11.3. The van der Waals surface area contributed by atoms with E-state index in [-0.39, 0.29) is 12.0 Å². The van der Waals surface area contributed by atoms with Gasteiger partial charge in [-0.1, -0.05) is 0 Å². The number of carbonyl (C=O) groups excluding carboxylic acids is 1. The fourth-order valence-electron chi connectivity index (χ4n) is 2.40. The van der Waals surface area contributed by atoms with Crippen molar-refractivity contribution in [2.45, 2.75) is 18.9 Å². The molecule has 1 aliphatic rings. The van der Waals surface area contributed by atoms with Crippen LogP contribution in [-0.4, -0.2) is 28.6 Å². The Morgan fingerprint density at radius 3 is 3.00 bits per heavy atom. The number of aromatic nitrogens is 1. The molecule has 4 nitrogen and oxygen atoms in total. The zero-order valence-corrected chi connectivity index (χ0v) is 10.0. The van der Waals surface area contributed by atoms with Crippen molar-refractivity contribution in [2.24, 2.45) is 5.92 Å². The molecule has 0 spiro atoms. The molecule has 0 atom stereocenters. The average Bonchev–Trinajstić information content (AvgIpc) is 2.79. The van der Waals surface area contributed by atoms with Crippen LogP contribution in [0.5, 0.6) is 0 Å².